The first-order chi connectivity index (χ1) is 37.7. The van der Waals surface area contributed by atoms with Crippen molar-refractivity contribution in [3.63, 3.8) is 0 Å². The maximum atomic E-state index is 13.0. The number of carbonyl (C=O) groups excluding carboxylic acids is 2. The normalized spacial score (nSPS) is 19.2. The molecule has 444 valence electrons. The third kappa shape index (κ3) is 44.3. The summed E-state index contributed by atoms with van der Waals surface area (Å²) in [5.74, 6) is -0.231. The zero-order valence-corrected chi connectivity index (χ0v) is 48.9. The van der Waals surface area contributed by atoms with Crippen LogP contribution in [0, 0.1) is 0 Å². The highest BCUT2D eigenvalue weighted by Gasteiger charge is 2.44. The molecule has 1 aliphatic heterocycles. The Morgan fingerprint density at radius 1 is 0.481 bits per heavy atom. The molecular weight excluding hydrogens is 967 g/mol. The van der Waals surface area contributed by atoms with Gasteiger partial charge in [-0.2, -0.15) is 0 Å². The number of aliphatic hydroxyl groups excluding tert-OH is 5. The molecule has 7 atom stereocenters. The molecule has 0 radical (unpaired) electrons. The van der Waals surface area contributed by atoms with Crippen LogP contribution in [0.3, 0.4) is 0 Å². The number of hydrogen-bond donors (Lipinski definition) is 6. The van der Waals surface area contributed by atoms with Gasteiger partial charge in [0.05, 0.1) is 32.0 Å². The molecule has 0 spiro atoms. The summed E-state index contributed by atoms with van der Waals surface area (Å²) >= 11 is 0. The Morgan fingerprint density at radius 3 is 1.42 bits per heavy atom. The fourth-order valence-corrected chi connectivity index (χ4v) is 9.18. The summed E-state index contributed by atoms with van der Waals surface area (Å²) in [6, 6.07) is -0.844. The van der Waals surface area contributed by atoms with E-state index < -0.39 is 49.5 Å². The van der Waals surface area contributed by atoms with E-state index in [1.807, 2.05) is 6.08 Å². The smallest absolute Gasteiger partial charge is 0.305 e. The van der Waals surface area contributed by atoms with E-state index in [9.17, 15) is 35.1 Å². The molecule has 1 saturated heterocycles. The minimum atomic E-state index is -1.59. The molecule has 11 heteroatoms. The highest BCUT2D eigenvalue weighted by Crippen LogP contribution is 2.23. The molecule has 1 rings (SSSR count). The van der Waals surface area contributed by atoms with Crippen LogP contribution in [-0.2, 0) is 23.8 Å². The molecule has 0 aromatic heterocycles. The lowest BCUT2D eigenvalue weighted by molar-refractivity contribution is -0.302. The van der Waals surface area contributed by atoms with Crippen molar-refractivity contribution in [2.75, 3.05) is 19.8 Å². The summed E-state index contributed by atoms with van der Waals surface area (Å²) in [5, 5.41) is 54.3. The number of unbranched alkanes of at least 4 members (excludes halogenated alkanes) is 27. The highest BCUT2D eigenvalue weighted by molar-refractivity contribution is 5.76. The molecular formula is C66H115NO10. The maximum absolute atomic E-state index is 13.0. The molecule has 11 nitrogen and oxygen atoms in total. The molecule has 1 heterocycles. The molecule has 6 N–H and O–H groups in total. The van der Waals surface area contributed by atoms with Crippen LogP contribution in [0.2, 0.25) is 0 Å². The predicted molar refractivity (Wildman–Crippen MR) is 319 cm³/mol. The lowest BCUT2D eigenvalue weighted by Gasteiger charge is -2.40. The average Bonchev–Trinajstić information content (AvgIpc) is 3.43. The second-order valence-electron chi connectivity index (χ2n) is 21.4. The summed E-state index contributed by atoms with van der Waals surface area (Å²) in [7, 11) is 0. The summed E-state index contributed by atoms with van der Waals surface area (Å²) in [6.07, 6.45) is 63.9. The zero-order chi connectivity index (χ0) is 55.9. The van der Waals surface area contributed by atoms with Crippen LogP contribution in [0.5, 0.6) is 0 Å². The zero-order valence-electron chi connectivity index (χ0n) is 48.9. The molecule has 1 amide bonds. The summed E-state index contributed by atoms with van der Waals surface area (Å²) in [4.78, 5) is 25.1. The van der Waals surface area contributed by atoms with E-state index in [1.54, 1.807) is 6.08 Å². The van der Waals surface area contributed by atoms with Gasteiger partial charge in [0.1, 0.15) is 24.4 Å². The number of carbonyl (C=O) groups is 2. The molecule has 1 fully saturated rings. The van der Waals surface area contributed by atoms with E-state index in [0.717, 1.165) is 116 Å². The highest BCUT2D eigenvalue weighted by atomic mass is 16.7. The van der Waals surface area contributed by atoms with Crippen molar-refractivity contribution in [2.24, 2.45) is 0 Å². The van der Waals surface area contributed by atoms with Crippen LogP contribution >= 0.6 is 0 Å². The van der Waals surface area contributed by atoms with Gasteiger partial charge in [0, 0.05) is 12.8 Å². The van der Waals surface area contributed by atoms with Crippen molar-refractivity contribution in [2.45, 2.75) is 301 Å². The Bertz CT molecular complexity index is 1550. The van der Waals surface area contributed by atoms with Crippen LogP contribution in [0.1, 0.15) is 258 Å². The first kappa shape index (κ1) is 71.9. The largest absolute Gasteiger partial charge is 0.466 e. The Balaban J connectivity index is 2.09. The lowest BCUT2D eigenvalue weighted by Crippen LogP contribution is -2.60. The van der Waals surface area contributed by atoms with E-state index >= 15 is 0 Å². The number of esters is 1. The minimum Gasteiger partial charge on any atom is -0.466 e. The standard InChI is InChI=1S/C66H115NO10/c1-3-5-7-9-11-13-15-28-32-36-40-44-48-52-59(69)58(57-76-66-65(74)64(73)63(72)60(56-68)77-66)67-61(70)53-49-45-41-37-33-30-26-24-22-20-18-17-19-21-23-25-27-31-35-39-43-47-51-55-75-62(71)54-50-46-42-38-34-29-16-14-12-10-8-6-4-2/h8,10-11,13-14,16-17,19-20,22,32,36,48,52,58-60,63-66,68-69,72-74H,3-7,9,12,15,18,21,23-31,33-35,37-47,49-51,53-57H2,1-2H3,(H,67,70)/b10-8-,13-11+,16-14-,19-17-,22-20-,36-32+,52-48+. The van der Waals surface area contributed by atoms with Gasteiger partial charge < -0.3 is 45.1 Å². The van der Waals surface area contributed by atoms with Gasteiger partial charge >= 0.3 is 5.97 Å². The van der Waals surface area contributed by atoms with Crippen LogP contribution in [-0.4, -0.2) is 100 Å². The fourth-order valence-electron chi connectivity index (χ4n) is 9.18. The van der Waals surface area contributed by atoms with Crippen LogP contribution in [0.15, 0.2) is 85.1 Å². The monoisotopic (exact) mass is 1080 g/mol. The van der Waals surface area contributed by atoms with Gasteiger partial charge in [-0.3, -0.25) is 9.59 Å². The summed E-state index contributed by atoms with van der Waals surface area (Å²) in [6.45, 7) is 4.20. The fraction of sp³-hybridized carbons (Fsp3) is 0.758. The number of allylic oxidation sites excluding steroid dienone is 13. The molecule has 0 aromatic carbocycles. The van der Waals surface area contributed by atoms with E-state index in [-0.39, 0.29) is 18.5 Å². The first-order valence-corrected chi connectivity index (χ1v) is 31.4. The lowest BCUT2D eigenvalue weighted by atomic mass is 9.99. The van der Waals surface area contributed by atoms with Crippen LogP contribution < -0.4 is 5.32 Å². The predicted octanol–water partition coefficient (Wildman–Crippen LogP) is 14.9. The molecule has 0 aromatic rings. The van der Waals surface area contributed by atoms with E-state index in [2.05, 4.69) is 92.1 Å². The van der Waals surface area contributed by atoms with Crippen molar-refractivity contribution in [1.82, 2.24) is 5.32 Å². The average molecular weight is 1080 g/mol. The molecule has 1 aliphatic rings. The third-order valence-corrected chi connectivity index (χ3v) is 14.2. The number of ether oxygens (including phenoxy) is 3. The summed E-state index contributed by atoms with van der Waals surface area (Å²) in [5.41, 5.74) is 0. The Labute approximate surface area is 470 Å². The molecule has 0 aliphatic carbocycles. The van der Waals surface area contributed by atoms with Crippen LogP contribution in [0.25, 0.3) is 0 Å². The number of amides is 1. The number of rotatable bonds is 53. The van der Waals surface area contributed by atoms with Gasteiger partial charge in [0.2, 0.25) is 5.91 Å². The quantitative estimate of drug-likeness (QED) is 0.0195. The minimum absolute atomic E-state index is 0.0220. The van der Waals surface area contributed by atoms with Crippen molar-refractivity contribution in [3.8, 4) is 0 Å². The van der Waals surface area contributed by atoms with Gasteiger partial charge in [-0.15, -0.1) is 0 Å². The van der Waals surface area contributed by atoms with Gasteiger partial charge in [0.25, 0.3) is 0 Å². The van der Waals surface area contributed by atoms with Crippen LogP contribution in [0.4, 0.5) is 0 Å². The van der Waals surface area contributed by atoms with Gasteiger partial charge in [-0.25, -0.2) is 0 Å². The van der Waals surface area contributed by atoms with Crippen molar-refractivity contribution in [1.29, 1.82) is 0 Å². The Hall–Kier alpha value is -3.16. The van der Waals surface area contributed by atoms with E-state index in [0.29, 0.717) is 19.4 Å². The maximum Gasteiger partial charge on any atom is 0.305 e. The molecule has 77 heavy (non-hydrogen) atoms. The van der Waals surface area contributed by atoms with Gasteiger partial charge in [-0.05, 0) is 116 Å². The Morgan fingerprint density at radius 2 is 0.909 bits per heavy atom. The Kier molecular flexibility index (Phi) is 51.1. The third-order valence-electron chi connectivity index (χ3n) is 14.2. The number of aliphatic hydroxyl groups is 5. The second-order valence-corrected chi connectivity index (χ2v) is 21.4. The van der Waals surface area contributed by atoms with Crippen molar-refractivity contribution < 1.29 is 49.3 Å². The first-order valence-electron chi connectivity index (χ1n) is 31.4. The summed E-state index contributed by atoms with van der Waals surface area (Å²) < 4.78 is 16.7. The van der Waals surface area contributed by atoms with Gasteiger partial charge in [-0.1, -0.05) is 214 Å². The molecule has 0 saturated carbocycles. The van der Waals surface area contributed by atoms with E-state index in [4.69, 9.17) is 14.2 Å². The number of hydrogen-bond acceptors (Lipinski definition) is 10. The molecule has 0 bridgehead atoms. The van der Waals surface area contributed by atoms with E-state index in [1.165, 1.54) is 116 Å². The molecule has 7 unspecified atom stereocenters. The second kappa shape index (κ2) is 54.8. The SMILES string of the molecule is CCC/C=C\C/C=C\CCCCCCCC(=O)OCCCCCCCCCCC/C=C\C/C=C\CCCCCCCCCC(=O)NC(COC1OC(CO)C(O)C(O)C1O)C(O)/C=C/CC/C=C/CC/C=C/CCCCC. The topological polar surface area (TPSA) is 175 Å². The van der Waals surface area contributed by atoms with Crippen molar-refractivity contribution in [3.05, 3.63) is 85.1 Å². The van der Waals surface area contributed by atoms with Crippen molar-refractivity contribution >= 4 is 11.9 Å². The van der Waals surface area contributed by atoms with Gasteiger partial charge in [0.15, 0.2) is 6.29 Å². The number of nitrogens with one attached hydrogen (secondary N) is 1.